The Morgan fingerprint density at radius 3 is 2.43 bits per heavy atom. The summed E-state index contributed by atoms with van der Waals surface area (Å²) in [4.78, 5) is 11.3. The van der Waals surface area contributed by atoms with E-state index < -0.39 is 0 Å². The summed E-state index contributed by atoms with van der Waals surface area (Å²) < 4.78 is 17.4. The van der Waals surface area contributed by atoms with Crippen LogP contribution in [0.3, 0.4) is 0 Å². The number of methoxy groups -OCH3 is 1. The fraction of sp³-hybridized carbons (Fsp3) is 0.353. The van der Waals surface area contributed by atoms with Crippen molar-refractivity contribution in [2.45, 2.75) is 26.7 Å². The van der Waals surface area contributed by atoms with Crippen molar-refractivity contribution in [1.29, 1.82) is 0 Å². The molecule has 0 radical (unpaired) electrons. The van der Waals surface area contributed by atoms with Crippen molar-refractivity contribution in [2.24, 2.45) is 0 Å². The predicted octanol–water partition coefficient (Wildman–Crippen LogP) is 3.62. The molecule has 4 heteroatoms. The zero-order chi connectivity index (χ0) is 16.1. The molecular formula is C17H24FNO2. The molecule has 0 amide bonds. The van der Waals surface area contributed by atoms with Crippen LogP contribution in [0, 0.1) is 5.82 Å². The van der Waals surface area contributed by atoms with Gasteiger partial charge in [-0.25, -0.2) is 4.39 Å². The minimum Gasteiger partial charge on any atom is -0.469 e. The Hall–Kier alpha value is -2.10. The molecule has 0 aliphatic rings. The molecule has 0 bridgehead atoms. The van der Waals surface area contributed by atoms with Gasteiger partial charge in [0.2, 0.25) is 0 Å². The zero-order valence-corrected chi connectivity index (χ0v) is 13.2. The summed E-state index contributed by atoms with van der Waals surface area (Å²) in [5.41, 5.74) is 1.84. The molecule has 1 aromatic carbocycles. The molecule has 116 valence electrons. The van der Waals surface area contributed by atoms with Crippen LogP contribution in [0.2, 0.25) is 0 Å². The van der Waals surface area contributed by atoms with E-state index in [9.17, 15) is 9.18 Å². The van der Waals surface area contributed by atoms with E-state index in [4.69, 9.17) is 0 Å². The molecule has 1 rings (SSSR count). The van der Waals surface area contributed by atoms with Crippen LogP contribution in [0.5, 0.6) is 0 Å². The monoisotopic (exact) mass is 293 g/mol. The largest absolute Gasteiger partial charge is 0.469 e. The van der Waals surface area contributed by atoms with Gasteiger partial charge in [0.1, 0.15) is 5.82 Å². The molecule has 0 spiro atoms. The van der Waals surface area contributed by atoms with E-state index in [1.165, 1.54) is 19.2 Å². The van der Waals surface area contributed by atoms with E-state index in [0.717, 1.165) is 11.1 Å². The molecule has 0 saturated heterocycles. The number of benzene rings is 1. The number of esters is 1. The number of rotatable bonds is 6. The molecule has 0 atom stereocenters. The van der Waals surface area contributed by atoms with E-state index in [0.29, 0.717) is 6.42 Å². The molecule has 0 aliphatic heterocycles. The summed E-state index contributed by atoms with van der Waals surface area (Å²) in [5.74, 6) is -0.538. The van der Waals surface area contributed by atoms with E-state index in [-0.39, 0.29) is 18.2 Å². The molecule has 0 saturated carbocycles. The lowest BCUT2D eigenvalue weighted by atomic mass is 10.1. The van der Waals surface area contributed by atoms with Crippen LogP contribution in [-0.2, 0) is 16.0 Å². The van der Waals surface area contributed by atoms with Gasteiger partial charge in [-0.1, -0.05) is 32.1 Å². The van der Waals surface area contributed by atoms with Crippen molar-refractivity contribution in [1.82, 2.24) is 5.32 Å². The Balaban J connectivity index is 0.00000191. The number of carbonyl (C=O) groups is 1. The highest BCUT2D eigenvalue weighted by molar-refractivity contribution is 5.73. The maximum Gasteiger partial charge on any atom is 0.309 e. The van der Waals surface area contributed by atoms with Crippen LogP contribution < -0.4 is 5.32 Å². The maximum atomic E-state index is 12.8. The summed E-state index contributed by atoms with van der Waals surface area (Å²) in [5, 5.41) is 2.87. The van der Waals surface area contributed by atoms with Crippen molar-refractivity contribution in [3.8, 4) is 0 Å². The zero-order valence-electron chi connectivity index (χ0n) is 13.2. The van der Waals surface area contributed by atoms with E-state index in [1.807, 2.05) is 26.0 Å². The Morgan fingerprint density at radius 2 is 1.90 bits per heavy atom. The number of allylic oxidation sites excluding steroid dienone is 2. The number of hydrogen-bond donors (Lipinski definition) is 1. The first-order valence-electron chi connectivity index (χ1n) is 7.00. The lowest BCUT2D eigenvalue weighted by Gasteiger charge is -2.02. The average Bonchev–Trinajstić information content (AvgIpc) is 2.53. The van der Waals surface area contributed by atoms with Gasteiger partial charge in [0.05, 0.1) is 13.5 Å². The normalized spacial score (nSPS) is 10.8. The second-order valence-electron chi connectivity index (χ2n) is 3.98. The third kappa shape index (κ3) is 8.63. The lowest BCUT2D eigenvalue weighted by molar-refractivity contribution is -0.139. The van der Waals surface area contributed by atoms with Crippen molar-refractivity contribution in [3.05, 3.63) is 59.6 Å². The SMILES string of the molecule is CC.CN/C=C\C(=C/Cc1ccc(F)cc1)CC(=O)OC. The second-order valence-corrected chi connectivity index (χ2v) is 3.98. The van der Waals surface area contributed by atoms with Gasteiger partial charge in [-0.05, 0) is 42.0 Å². The topological polar surface area (TPSA) is 38.3 Å². The van der Waals surface area contributed by atoms with E-state index >= 15 is 0 Å². The van der Waals surface area contributed by atoms with Crippen molar-refractivity contribution >= 4 is 5.97 Å². The maximum absolute atomic E-state index is 12.8. The summed E-state index contributed by atoms with van der Waals surface area (Å²) in [7, 11) is 3.15. The van der Waals surface area contributed by atoms with E-state index in [1.54, 1.807) is 25.4 Å². The van der Waals surface area contributed by atoms with Gasteiger partial charge in [-0.3, -0.25) is 4.79 Å². The fourth-order valence-electron chi connectivity index (χ4n) is 1.50. The molecular weight excluding hydrogens is 269 g/mol. The van der Waals surface area contributed by atoms with Crippen molar-refractivity contribution in [2.75, 3.05) is 14.2 Å². The van der Waals surface area contributed by atoms with Crippen LogP contribution in [0.15, 0.2) is 48.2 Å². The number of ether oxygens (including phenoxy) is 1. The third-order valence-electron chi connectivity index (χ3n) is 2.55. The Kier molecular flexibility index (Phi) is 10.5. The number of hydrogen-bond acceptors (Lipinski definition) is 3. The number of halogens is 1. The molecule has 0 unspecified atom stereocenters. The van der Waals surface area contributed by atoms with Crippen molar-refractivity contribution < 1.29 is 13.9 Å². The molecule has 3 nitrogen and oxygen atoms in total. The first kappa shape index (κ1) is 18.9. The van der Waals surface area contributed by atoms with Crippen LogP contribution in [-0.4, -0.2) is 20.1 Å². The molecule has 0 fully saturated rings. The van der Waals surface area contributed by atoms with Gasteiger partial charge in [0.25, 0.3) is 0 Å². The molecule has 1 aromatic rings. The number of carbonyl (C=O) groups excluding carboxylic acids is 1. The molecule has 0 aromatic heterocycles. The Bertz CT molecular complexity index is 464. The van der Waals surface area contributed by atoms with Crippen LogP contribution in [0.25, 0.3) is 0 Å². The van der Waals surface area contributed by atoms with E-state index in [2.05, 4.69) is 10.1 Å². The Labute approximate surface area is 126 Å². The summed E-state index contributed by atoms with van der Waals surface area (Å²) in [6.07, 6.45) is 6.36. The quantitative estimate of drug-likeness (QED) is 0.643. The fourth-order valence-corrected chi connectivity index (χ4v) is 1.50. The minimum atomic E-state index is -0.286. The van der Waals surface area contributed by atoms with Crippen LogP contribution in [0.1, 0.15) is 25.8 Å². The van der Waals surface area contributed by atoms with Crippen LogP contribution >= 0.6 is 0 Å². The number of nitrogens with one attached hydrogen (secondary N) is 1. The van der Waals surface area contributed by atoms with Crippen LogP contribution in [0.4, 0.5) is 4.39 Å². The lowest BCUT2D eigenvalue weighted by Crippen LogP contribution is -2.02. The van der Waals surface area contributed by atoms with Gasteiger partial charge < -0.3 is 10.1 Å². The molecule has 1 N–H and O–H groups in total. The summed E-state index contributed by atoms with van der Waals surface area (Å²) >= 11 is 0. The highest BCUT2D eigenvalue weighted by atomic mass is 19.1. The van der Waals surface area contributed by atoms with Gasteiger partial charge >= 0.3 is 5.97 Å². The molecule has 0 heterocycles. The second kappa shape index (κ2) is 11.7. The van der Waals surface area contributed by atoms with Gasteiger partial charge in [0.15, 0.2) is 0 Å². The minimum absolute atomic E-state index is 0.218. The molecule has 21 heavy (non-hydrogen) atoms. The van der Waals surface area contributed by atoms with Gasteiger partial charge in [0, 0.05) is 7.05 Å². The highest BCUT2D eigenvalue weighted by Gasteiger charge is 2.03. The smallest absolute Gasteiger partial charge is 0.309 e. The predicted molar refractivity (Wildman–Crippen MR) is 84.4 cm³/mol. The van der Waals surface area contributed by atoms with Crippen molar-refractivity contribution in [3.63, 3.8) is 0 Å². The standard InChI is InChI=1S/C15H18FNO2.C2H6/c1-17-10-9-13(11-15(18)19-2)4-3-12-5-7-14(16)8-6-12;1-2/h4-10,17H,3,11H2,1-2H3;1-2H3/b10-9-,13-4+;. The molecule has 0 aliphatic carbocycles. The Morgan fingerprint density at radius 1 is 1.29 bits per heavy atom. The average molecular weight is 293 g/mol. The summed E-state index contributed by atoms with van der Waals surface area (Å²) in [6.45, 7) is 4.00. The van der Waals surface area contributed by atoms with Gasteiger partial charge in [-0.2, -0.15) is 0 Å². The highest BCUT2D eigenvalue weighted by Crippen LogP contribution is 2.09. The third-order valence-corrected chi connectivity index (χ3v) is 2.55. The van der Waals surface area contributed by atoms with Gasteiger partial charge in [-0.15, -0.1) is 0 Å². The first-order chi connectivity index (χ1) is 10.2. The summed E-state index contributed by atoms with van der Waals surface area (Å²) in [6, 6.07) is 6.30. The first-order valence-corrected chi connectivity index (χ1v) is 7.00.